The summed E-state index contributed by atoms with van der Waals surface area (Å²) in [5.41, 5.74) is 0. The number of rotatable bonds is 8. The maximum absolute atomic E-state index is 12.7. The Morgan fingerprint density at radius 2 is 2.10 bits per heavy atom. The van der Waals surface area contributed by atoms with Crippen molar-refractivity contribution in [1.82, 2.24) is 4.31 Å². The molecular formula is C11H17BrClNO4S2. The minimum atomic E-state index is -3.62. The van der Waals surface area contributed by atoms with Gasteiger partial charge in [0.15, 0.2) is 0 Å². The summed E-state index contributed by atoms with van der Waals surface area (Å²) < 4.78 is 37.5. The lowest BCUT2D eigenvalue weighted by molar-refractivity contribution is 0.119. The highest BCUT2D eigenvalue weighted by Crippen LogP contribution is 2.36. The van der Waals surface area contributed by atoms with E-state index in [1.807, 2.05) is 0 Å². The van der Waals surface area contributed by atoms with Crippen molar-refractivity contribution in [3.8, 4) is 0 Å². The Morgan fingerprint density at radius 1 is 1.45 bits per heavy atom. The zero-order valence-electron chi connectivity index (χ0n) is 11.4. The highest BCUT2D eigenvalue weighted by Gasteiger charge is 2.30. The molecule has 0 fully saturated rings. The van der Waals surface area contributed by atoms with Gasteiger partial charge in [-0.2, -0.15) is 4.31 Å². The normalized spacial score (nSPS) is 13.9. The van der Waals surface area contributed by atoms with Crippen molar-refractivity contribution in [2.24, 2.45) is 0 Å². The molecule has 0 saturated heterocycles. The van der Waals surface area contributed by atoms with Gasteiger partial charge >= 0.3 is 0 Å². The number of hydrogen-bond donors (Lipinski definition) is 0. The lowest BCUT2D eigenvalue weighted by atomic mass is 10.3. The maximum atomic E-state index is 12.7. The zero-order valence-corrected chi connectivity index (χ0v) is 15.4. The van der Waals surface area contributed by atoms with E-state index < -0.39 is 10.0 Å². The van der Waals surface area contributed by atoms with Crippen molar-refractivity contribution in [3.63, 3.8) is 0 Å². The highest BCUT2D eigenvalue weighted by molar-refractivity contribution is 9.11. The maximum Gasteiger partial charge on any atom is 0.253 e. The van der Waals surface area contributed by atoms with Crippen molar-refractivity contribution in [2.75, 3.05) is 34.0 Å². The SMILES string of the molecule is COCCN(C(C)COC)S(=O)(=O)c1cc(Cl)c(Br)s1. The summed E-state index contributed by atoms with van der Waals surface area (Å²) in [6, 6.07) is 1.16. The summed E-state index contributed by atoms with van der Waals surface area (Å²) in [7, 11) is -0.549. The van der Waals surface area contributed by atoms with E-state index in [4.69, 9.17) is 21.1 Å². The molecule has 1 atom stereocenters. The molecule has 0 aliphatic heterocycles. The van der Waals surface area contributed by atoms with Gasteiger partial charge in [0.25, 0.3) is 10.0 Å². The molecule has 0 amide bonds. The molecule has 0 N–H and O–H groups in total. The van der Waals surface area contributed by atoms with E-state index in [2.05, 4.69) is 15.9 Å². The molecule has 1 aromatic rings. The molecular weight excluding hydrogens is 390 g/mol. The molecule has 1 heterocycles. The second-order valence-electron chi connectivity index (χ2n) is 4.10. The average Bonchev–Trinajstić information content (AvgIpc) is 2.71. The summed E-state index contributed by atoms with van der Waals surface area (Å²) in [4.78, 5) is 0. The van der Waals surface area contributed by atoms with Crippen molar-refractivity contribution >= 4 is 48.9 Å². The van der Waals surface area contributed by atoms with Crippen LogP contribution < -0.4 is 0 Å². The van der Waals surface area contributed by atoms with Crippen LogP contribution in [-0.2, 0) is 19.5 Å². The minimum absolute atomic E-state index is 0.202. The second kappa shape index (κ2) is 8.07. The van der Waals surface area contributed by atoms with Gasteiger partial charge < -0.3 is 9.47 Å². The topological polar surface area (TPSA) is 55.8 Å². The van der Waals surface area contributed by atoms with Gasteiger partial charge in [0.2, 0.25) is 0 Å². The van der Waals surface area contributed by atoms with Gasteiger partial charge in [0.1, 0.15) is 4.21 Å². The van der Waals surface area contributed by atoms with E-state index in [0.29, 0.717) is 22.0 Å². The predicted molar refractivity (Wildman–Crippen MR) is 84.1 cm³/mol. The van der Waals surface area contributed by atoms with Gasteiger partial charge in [-0.25, -0.2) is 8.42 Å². The number of nitrogens with zero attached hydrogens (tertiary/aromatic N) is 1. The Kier molecular flexibility index (Phi) is 7.40. The largest absolute Gasteiger partial charge is 0.383 e. The first-order chi connectivity index (χ1) is 9.34. The van der Waals surface area contributed by atoms with Crippen molar-refractivity contribution in [1.29, 1.82) is 0 Å². The van der Waals surface area contributed by atoms with Crippen LogP contribution in [0.2, 0.25) is 5.02 Å². The lowest BCUT2D eigenvalue weighted by Crippen LogP contribution is -2.42. The van der Waals surface area contributed by atoms with Crippen LogP contribution in [0.4, 0.5) is 0 Å². The molecule has 0 bridgehead atoms. The average molecular weight is 407 g/mol. The molecule has 20 heavy (non-hydrogen) atoms. The summed E-state index contributed by atoms with van der Waals surface area (Å²) in [5, 5.41) is 0.389. The van der Waals surface area contributed by atoms with Crippen LogP contribution in [0.3, 0.4) is 0 Å². The number of hydrogen-bond acceptors (Lipinski definition) is 5. The first-order valence-electron chi connectivity index (χ1n) is 5.79. The Hall–Kier alpha value is 0.300. The third kappa shape index (κ3) is 4.40. The number of methoxy groups -OCH3 is 2. The van der Waals surface area contributed by atoms with Crippen LogP contribution in [0.5, 0.6) is 0 Å². The number of sulfonamides is 1. The molecule has 116 valence electrons. The van der Waals surface area contributed by atoms with Crippen LogP contribution >= 0.6 is 38.9 Å². The molecule has 5 nitrogen and oxygen atoms in total. The van der Waals surface area contributed by atoms with E-state index in [1.54, 1.807) is 6.92 Å². The Balaban J connectivity index is 3.09. The van der Waals surface area contributed by atoms with E-state index in [0.717, 1.165) is 11.3 Å². The number of halogens is 2. The first-order valence-corrected chi connectivity index (χ1v) is 9.21. The molecule has 0 radical (unpaired) electrons. The summed E-state index contributed by atoms with van der Waals surface area (Å²) in [5.74, 6) is 0. The molecule has 0 saturated carbocycles. The van der Waals surface area contributed by atoms with Crippen LogP contribution in [0.25, 0.3) is 0 Å². The smallest absolute Gasteiger partial charge is 0.253 e. The quantitative estimate of drug-likeness (QED) is 0.666. The third-order valence-corrected chi connectivity index (χ3v) is 7.54. The molecule has 1 aromatic heterocycles. The Labute approximate surface area is 137 Å². The fraction of sp³-hybridized carbons (Fsp3) is 0.636. The van der Waals surface area contributed by atoms with E-state index >= 15 is 0 Å². The summed E-state index contributed by atoms with van der Waals surface area (Å²) >= 11 is 10.2. The zero-order chi connectivity index (χ0) is 15.3. The lowest BCUT2D eigenvalue weighted by Gasteiger charge is -2.27. The first kappa shape index (κ1) is 18.3. The van der Waals surface area contributed by atoms with Crippen LogP contribution in [0, 0.1) is 0 Å². The van der Waals surface area contributed by atoms with Gasteiger partial charge in [-0.05, 0) is 28.9 Å². The van der Waals surface area contributed by atoms with Crippen LogP contribution in [0.15, 0.2) is 14.1 Å². The predicted octanol–water partition coefficient (Wildman–Crippen LogP) is 2.84. The van der Waals surface area contributed by atoms with Gasteiger partial charge in [0, 0.05) is 26.8 Å². The molecule has 0 aliphatic carbocycles. The van der Waals surface area contributed by atoms with Crippen molar-refractivity contribution in [2.45, 2.75) is 17.2 Å². The molecule has 0 aromatic carbocycles. The molecule has 1 unspecified atom stereocenters. The number of ether oxygens (including phenoxy) is 2. The van der Waals surface area contributed by atoms with Gasteiger partial charge in [-0.15, -0.1) is 11.3 Å². The van der Waals surface area contributed by atoms with Gasteiger partial charge in [0.05, 0.1) is 22.0 Å². The van der Waals surface area contributed by atoms with Gasteiger partial charge in [-0.3, -0.25) is 0 Å². The molecule has 0 spiro atoms. The monoisotopic (exact) mass is 405 g/mol. The van der Waals surface area contributed by atoms with Crippen molar-refractivity contribution < 1.29 is 17.9 Å². The van der Waals surface area contributed by atoms with Gasteiger partial charge in [-0.1, -0.05) is 11.6 Å². The third-order valence-electron chi connectivity index (χ3n) is 2.60. The standard InChI is InChI=1S/C11H17BrClNO4S2/c1-8(7-18-3)14(4-5-17-2)20(15,16)10-6-9(13)11(12)19-10/h6,8H,4-5,7H2,1-3H3. The van der Waals surface area contributed by atoms with Crippen LogP contribution in [-0.4, -0.2) is 52.7 Å². The fourth-order valence-corrected chi connectivity index (χ4v) is 5.78. The highest BCUT2D eigenvalue weighted by atomic mass is 79.9. The molecule has 1 rings (SSSR count). The number of thiophene rings is 1. The minimum Gasteiger partial charge on any atom is -0.383 e. The van der Waals surface area contributed by atoms with Crippen LogP contribution in [0.1, 0.15) is 6.92 Å². The van der Waals surface area contributed by atoms with E-state index in [-0.39, 0.29) is 16.8 Å². The van der Waals surface area contributed by atoms with E-state index in [1.165, 1.54) is 24.6 Å². The summed E-state index contributed by atoms with van der Waals surface area (Å²) in [6.07, 6.45) is 0. The Bertz CT molecular complexity index is 515. The van der Waals surface area contributed by atoms with Crippen molar-refractivity contribution in [3.05, 3.63) is 14.9 Å². The second-order valence-corrected chi connectivity index (χ2v) is 8.99. The molecule has 9 heteroatoms. The summed E-state index contributed by atoms with van der Waals surface area (Å²) in [6.45, 7) is 2.67. The van der Waals surface area contributed by atoms with E-state index in [9.17, 15) is 8.42 Å². The molecule has 0 aliphatic rings. The Morgan fingerprint density at radius 3 is 2.55 bits per heavy atom. The fourth-order valence-electron chi connectivity index (χ4n) is 1.65.